The number of terminal acetylenes is 1. The Morgan fingerprint density at radius 1 is 0.886 bits per heavy atom. The number of aromatic nitrogens is 3. The number of likely N-dealkylation sites (tertiary alicyclic amines) is 2. The normalized spacial score (nSPS) is 23.8. The number of nitrogens with one attached hydrogen (secondary N) is 2. The number of amides is 3. The van der Waals surface area contributed by atoms with Gasteiger partial charge in [0.25, 0.3) is 5.91 Å². The standard InChI is InChI=1S/C53H56F2N10O5/c1-2-38-42(54)8-3-32-22-37(66)23-40(45(32)38)47-46(55)48-41(24-56-47)49(64-27-34-4-5-35(28-64)57-34)60-52(59-48)70-20-19-61-15-11-31(12-16-61)25-62-29-53(30-62)13-17-63(18-14-53)36-6-7-39-33(21-36)26-65(51(39)69)43-9-10-44(67)58-50(43)68/h1,3,6-8,21-24,31,34-35,43,57,66H,4-5,9-20,25-30H2,(H,58,67,68). The molecule has 7 aliphatic heterocycles. The molecule has 3 N–H and O–H groups in total. The van der Waals surface area contributed by atoms with Crippen molar-refractivity contribution in [3.05, 3.63) is 77.0 Å². The van der Waals surface area contributed by atoms with Crippen LogP contribution in [0.2, 0.25) is 0 Å². The number of carbonyl (C=O) groups is 3. The van der Waals surface area contributed by atoms with Crippen molar-refractivity contribution in [2.24, 2.45) is 11.3 Å². The summed E-state index contributed by atoms with van der Waals surface area (Å²) in [6.45, 7) is 10.1. The second-order valence-electron chi connectivity index (χ2n) is 20.7. The van der Waals surface area contributed by atoms with Gasteiger partial charge in [-0.25, -0.2) is 8.78 Å². The van der Waals surface area contributed by atoms with Gasteiger partial charge in [-0.15, -0.1) is 6.42 Å². The van der Waals surface area contributed by atoms with E-state index in [-0.39, 0.29) is 63.6 Å². The summed E-state index contributed by atoms with van der Waals surface area (Å²) in [7, 11) is 0. The molecule has 3 aromatic carbocycles. The van der Waals surface area contributed by atoms with Crippen molar-refractivity contribution < 1.29 is 33.0 Å². The molecule has 2 aromatic heterocycles. The minimum Gasteiger partial charge on any atom is -0.508 e. The third kappa shape index (κ3) is 8.13. The number of imide groups is 1. The number of piperidine rings is 3. The van der Waals surface area contributed by atoms with Gasteiger partial charge in [0.1, 0.15) is 41.2 Å². The Labute approximate surface area is 404 Å². The van der Waals surface area contributed by atoms with E-state index in [0.29, 0.717) is 84.8 Å². The second-order valence-corrected chi connectivity index (χ2v) is 20.7. The topological polar surface area (TPSA) is 160 Å². The third-order valence-corrected chi connectivity index (χ3v) is 16.3. The van der Waals surface area contributed by atoms with Gasteiger partial charge in [-0.3, -0.25) is 29.6 Å². The largest absolute Gasteiger partial charge is 0.508 e. The molecule has 70 heavy (non-hydrogen) atoms. The van der Waals surface area contributed by atoms with E-state index in [1.165, 1.54) is 24.3 Å². The fourth-order valence-corrected chi connectivity index (χ4v) is 12.6. The number of ether oxygens (including phenoxy) is 1. The Balaban J connectivity index is 0.654. The molecule has 5 aromatic rings. The monoisotopic (exact) mass is 950 g/mol. The number of piperazine rings is 1. The van der Waals surface area contributed by atoms with Gasteiger partial charge in [0.2, 0.25) is 11.8 Å². The Kier molecular flexibility index (Phi) is 11.3. The van der Waals surface area contributed by atoms with Crippen LogP contribution in [0.25, 0.3) is 32.9 Å². The molecule has 362 valence electrons. The highest BCUT2D eigenvalue weighted by atomic mass is 19.1. The number of carbonyl (C=O) groups excluding carboxylic acids is 3. The Bertz CT molecular complexity index is 2980. The number of nitrogens with zero attached hydrogens (tertiary/aromatic N) is 8. The zero-order valence-corrected chi connectivity index (χ0v) is 39.1. The fourth-order valence-electron chi connectivity index (χ4n) is 12.6. The van der Waals surface area contributed by atoms with Crippen LogP contribution in [0.1, 0.15) is 72.9 Å². The van der Waals surface area contributed by atoms with Crippen molar-refractivity contribution >= 4 is 50.9 Å². The molecule has 0 aliphatic carbocycles. The number of halogens is 2. The number of benzene rings is 3. The first-order valence-electron chi connectivity index (χ1n) is 24.9. The molecule has 1 spiro atoms. The summed E-state index contributed by atoms with van der Waals surface area (Å²) in [5.41, 5.74) is 3.11. The molecular formula is C53H56F2N10O5. The van der Waals surface area contributed by atoms with Crippen LogP contribution in [-0.4, -0.2) is 143 Å². The van der Waals surface area contributed by atoms with E-state index in [1.807, 2.05) is 12.1 Å². The maximum absolute atomic E-state index is 17.0. The van der Waals surface area contributed by atoms with Gasteiger partial charge in [-0.2, -0.15) is 9.97 Å². The number of phenols is 1. The van der Waals surface area contributed by atoms with Gasteiger partial charge in [0, 0.05) is 106 Å². The van der Waals surface area contributed by atoms with E-state index < -0.39 is 17.7 Å². The average molecular weight is 951 g/mol. The smallest absolute Gasteiger partial charge is 0.319 e. The predicted octanol–water partition coefficient (Wildman–Crippen LogP) is 5.20. The number of hydrogen-bond acceptors (Lipinski definition) is 13. The number of pyridine rings is 1. The van der Waals surface area contributed by atoms with Gasteiger partial charge in [-0.1, -0.05) is 12.0 Å². The number of rotatable bonds is 10. The van der Waals surface area contributed by atoms with Crippen LogP contribution < -0.4 is 25.2 Å². The van der Waals surface area contributed by atoms with Gasteiger partial charge in [0.15, 0.2) is 5.82 Å². The van der Waals surface area contributed by atoms with Crippen LogP contribution in [0.4, 0.5) is 20.3 Å². The van der Waals surface area contributed by atoms with Crippen LogP contribution in [0.3, 0.4) is 0 Å². The molecule has 0 radical (unpaired) electrons. The lowest BCUT2D eigenvalue weighted by Gasteiger charge is -2.55. The van der Waals surface area contributed by atoms with Crippen molar-refractivity contribution in [3.63, 3.8) is 0 Å². The van der Waals surface area contributed by atoms with E-state index in [4.69, 9.17) is 16.1 Å². The third-order valence-electron chi connectivity index (χ3n) is 16.3. The van der Waals surface area contributed by atoms with Gasteiger partial charge < -0.3 is 34.8 Å². The molecule has 17 heteroatoms. The molecule has 0 saturated carbocycles. The fraction of sp³-hybridized carbons (Fsp3) is 0.472. The summed E-state index contributed by atoms with van der Waals surface area (Å²) in [5.74, 6) is 1.29. The molecular weight excluding hydrogens is 895 g/mol. The number of hydrogen-bond donors (Lipinski definition) is 3. The minimum absolute atomic E-state index is 0.0320. The summed E-state index contributed by atoms with van der Waals surface area (Å²) in [6, 6.07) is 11.7. The molecule has 3 unspecified atom stereocenters. The highest BCUT2D eigenvalue weighted by Gasteiger charge is 2.46. The molecule has 15 nitrogen and oxygen atoms in total. The molecule has 3 atom stereocenters. The highest BCUT2D eigenvalue weighted by molar-refractivity contribution is 6.06. The number of phenolic OH excluding ortho intramolecular Hbond substituents is 1. The van der Waals surface area contributed by atoms with E-state index in [9.17, 15) is 23.9 Å². The van der Waals surface area contributed by atoms with E-state index in [2.05, 4.69) is 52.2 Å². The minimum atomic E-state index is -0.735. The maximum Gasteiger partial charge on any atom is 0.319 e. The van der Waals surface area contributed by atoms with Gasteiger partial charge in [-0.05, 0) is 117 Å². The summed E-state index contributed by atoms with van der Waals surface area (Å²) in [6.07, 6.45) is 14.5. The number of anilines is 2. The number of aromatic hydroxyl groups is 1. The summed E-state index contributed by atoms with van der Waals surface area (Å²) >= 11 is 0. The lowest BCUT2D eigenvalue weighted by molar-refractivity contribution is -0.136. The Hall–Kier alpha value is -6.48. The predicted molar refractivity (Wildman–Crippen MR) is 259 cm³/mol. The summed E-state index contributed by atoms with van der Waals surface area (Å²) in [5, 5.41) is 17.9. The summed E-state index contributed by atoms with van der Waals surface area (Å²) in [4.78, 5) is 62.8. The molecule has 7 aliphatic rings. The SMILES string of the molecule is C#Cc1c(F)ccc2cc(O)cc(-c3ncc4c(N5CC6CCC(C5)N6)nc(OCCN5CCC(CN6CC7(CCN(c8ccc9c(c8)CN(C8CCC(=O)NC8=O)C9=O)CC7)C6)CC5)nc4c3F)c12. The molecule has 12 rings (SSSR count). The van der Waals surface area contributed by atoms with Crippen LogP contribution in [-0.2, 0) is 16.1 Å². The quantitative estimate of drug-likeness (QED) is 0.124. The molecule has 9 heterocycles. The van der Waals surface area contributed by atoms with Crippen molar-refractivity contribution in [2.75, 3.05) is 81.9 Å². The maximum atomic E-state index is 17.0. The first kappa shape index (κ1) is 44.7. The highest BCUT2D eigenvalue weighted by Crippen LogP contribution is 2.44. The Morgan fingerprint density at radius 3 is 2.43 bits per heavy atom. The van der Waals surface area contributed by atoms with Crippen molar-refractivity contribution in [3.8, 4) is 35.4 Å². The van der Waals surface area contributed by atoms with Gasteiger partial charge >= 0.3 is 6.01 Å². The Morgan fingerprint density at radius 2 is 1.67 bits per heavy atom. The molecule has 6 saturated heterocycles. The lowest BCUT2D eigenvalue weighted by Crippen LogP contribution is -2.61. The first-order chi connectivity index (χ1) is 34.0. The van der Waals surface area contributed by atoms with Crippen LogP contribution in [0.5, 0.6) is 11.8 Å². The van der Waals surface area contributed by atoms with Crippen LogP contribution in [0.15, 0.2) is 48.7 Å². The molecule has 6 fully saturated rings. The van der Waals surface area contributed by atoms with Gasteiger partial charge in [0.05, 0.1) is 10.9 Å². The zero-order valence-electron chi connectivity index (χ0n) is 39.1. The zero-order chi connectivity index (χ0) is 47.8. The van der Waals surface area contributed by atoms with Crippen molar-refractivity contribution in [2.45, 2.75) is 76.0 Å². The lowest BCUT2D eigenvalue weighted by atomic mass is 9.71. The van der Waals surface area contributed by atoms with E-state index in [0.717, 1.165) is 95.6 Å². The van der Waals surface area contributed by atoms with E-state index in [1.54, 1.807) is 11.1 Å². The van der Waals surface area contributed by atoms with Crippen molar-refractivity contribution in [1.29, 1.82) is 0 Å². The van der Waals surface area contributed by atoms with Crippen LogP contribution in [0, 0.1) is 35.3 Å². The second kappa shape index (κ2) is 17.7. The van der Waals surface area contributed by atoms with Crippen molar-refractivity contribution in [1.82, 2.24) is 40.3 Å². The molecule has 2 bridgehead atoms. The summed E-state index contributed by atoms with van der Waals surface area (Å²) < 4.78 is 38.3. The van der Waals surface area contributed by atoms with E-state index >= 15 is 4.39 Å². The first-order valence-corrected chi connectivity index (χ1v) is 24.9. The number of fused-ring (bicyclic) bond motifs is 5. The molecule has 3 amide bonds. The van der Waals surface area contributed by atoms with Crippen LogP contribution >= 0.6 is 0 Å². The average Bonchev–Trinajstić information content (AvgIpc) is 3.87.